The van der Waals surface area contributed by atoms with Gasteiger partial charge in [-0.25, -0.2) is 0 Å². The number of ether oxygens (including phenoxy) is 1. The Balaban J connectivity index is 1.96. The summed E-state index contributed by atoms with van der Waals surface area (Å²) in [6.45, 7) is 1.12. The van der Waals surface area contributed by atoms with Crippen molar-refractivity contribution in [2.24, 2.45) is 0 Å². The van der Waals surface area contributed by atoms with Gasteiger partial charge in [-0.05, 0) is 33.4 Å². The minimum atomic E-state index is -0.780. The molecule has 0 amide bonds. The summed E-state index contributed by atoms with van der Waals surface area (Å²) in [5, 5.41) is 16.9. The highest BCUT2D eigenvalue weighted by atomic mass is 79.9. The van der Waals surface area contributed by atoms with Crippen molar-refractivity contribution in [1.82, 2.24) is 14.8 Å². The molecule has 3 aromatic heterocycles. The number of hydrogen-bond acceptors (Lipinski definition) is 5. The molecule has 21 heavy (non-hydrogen) atoms. The van der Waals surface area contributed by atoms with Crippen molar-refractivity contribution in [2.75, 3.05) is 13.7 Å². The van der Waals surface area contributed by atoms with Gasteiger partial charge in [-0.15, -0.1) is 11.3 Å². The standard InChI is InChI=1S/C14H14BrN3O2S/c1-20-4-3-18-13(10(15)8-17-18)14(19)9-6-12-11(16-7-9)2-5-21-12/h2,5-8,14,19H,3-4H2,1H3. The zero-order chi connectivity index (χ0) is 14.8. The van der Waals surface area contributed by atoms with Gasteiger partial charge in [0, 0.05) is 18.9 Å². The number of hydrogen-bond donors (Lipinski definition) is 1. The SMILES string of the molecule is COCCn1ncc(Br)c1C(O)c1cnc2ccsc2c1. The van der Waals surface area contributed by atoms with E-state index in [0.29, 0.717) is 18.8 Å². The molecule has 110 valence electrons. The maximum atomic E-state index is 10.7. The normalized spacial score (nSPS) is 12.9. The van der Waals surface area contributed by atoms with E-state index >= 15 is 0 Å². The summed E-state index contributed by atoms with van der Waals surface area (Å²) < 4.78 is 8.66. The summed E-state index contributed by atoms with van der Waals surface area (Å²) in [4.78, 5) is 4.37. The molecule has 0 saturated heterocycles. The Kier molecular flexibility index (Phi) is 4.34. The molecule has 3 rings (SSSR count). The van der Waals surface area contributed by atoms with Gasteiger partial charge in [0.25, 0.3) is 0 Å². The number of aliphatic hydroxyl groups is 1. The predicted molar refractivity (Wildman–Crippen MR) is 85.5 cm³/mol. The molecule has 0 spiro atoms. The molecule has 5 nitrogen and oxygen atoms in total. The fourth-order valence-corrected chi connectivity index (χ4v) is 3.47. The number of methoxy groups -OCH3 is 1. The second-order valence-electron chi connectivity index (χ2n) is 4.57. The molecule has 0 fully saturated rings. The van der Waals surface area contributed by atoms with E-state index in [1.165, 1.54) is 0 Å². The second kappa shape index (κ2) is 6.23. The first-order chi connectivity index (χ1) is 10.2. The van der Waals surface area contributed by atoms with Crippen molar-refractivity contribution in [1.29, 1.82) is 0 Å². The molecule has 1 atom stereocenters. The lowest BCUT2D eigenvalue weighted by Gasteiger charge is -2.14. The largest absolute Gasteiger partial charge is 0.383 e. The van der Waals surface area contributed by atoms with Crippen molar-refractivity contribution in [3.63, 3.8) is 0 Å². The van der Waals surface area contributed by atoms with Gasteiger partial charge in [0.05, 0.1) is 39.7 Å². The Hall–Kier alpha value is -1.28. The molecule has 1 unspecified atom stereocenters. The predicted octanol–water partition coefficient (Wildman–Crippen LogP) is 2.98. The monoisotopic (exact) mass is 367 g/mol. The summed E-state index contributed by atoms with van der Waals surface area (Å²) >= 11 is 5.06. The van der Waals surface area contributed by atoms with Crippen LogP contribution >= 0.6 is 27.3 Å². The molecule has 0 aliphatic heterocycles. The molecule has 0 aliphatic rings. The van der Waals surface area contributed by atoms with Crippen LogP contribution in [0.4, 0.5) is 0 Å². The summed E-state index contributed by atoms with van der Waals surface area (Å²) in [5.74, 6) is 0. The van der Waals surface area contributed by atoms with Gasteiger partial charge in [-0.3, -0.25) is 9.67 Å². The molecule has 3 heterocycles. The van der Waals surface area contributed by atoms with Crippen LogP contribution in [0.1, 0.15) is 17.4 Å². The first-order valence-corrected chi connectivity index (χ1v) is 8.09. The molecule has 1 N–H and O–H groups in total. The van der Waals surface area contributed by atoms with E-state index in [0.717, 1.165) is 20.3 Å². The number of pyridine rings is 1. The molecule has 0 aromatic carbocycles. The van der Waals surface area contributed by atoms with E-state index in [-0.39, 0.29) is 0 Å². The van der Waals surface area contributed by atoms with E-state index < -0.39 is 6.10 Å². The van der Waals surface area contributed by atoms with E-state index in [4.69, 9.17) is 4.74 Å². The van der Waals surface area contributed by atoms with Crippen molar-refractivity contribution >= 4 is 37.5 Å². The van der Waals surface area contributed by atoms with Crippen LogP contribution in [0.15, 0.2) is 34.4 Å². The number of thiophene rings is 1. The molecular weight excluding hydrogens is 354 g/mol. The molecule has 0 bridgehead atoms. The van der Waals surface area contributed by atoms with Crippen LogP contribution in [-0.2, 0) is 11.3 Å². The Labute approximate surface area is 134 Å². The maximum Gasteiger partial charge on any atom is 0.123 e. The van der Waals surface area contributed by atoms with Crippen LogP contribution in [0.3, 0.4) is 0 Å². The van der Waals surface area contributed by atoms with Crippen molar-refractivity contribution in [3.05, 3.63) is 45.6 Å². The van der Waals surface area contributed by atoms with Crippen LogP contribution in [0.2, 0.25) is 0 Å². The van der Waals surface area contributed by atoms with Crippen molar-refractivity contribution in [2.45, 2.75) is 12.6 Å². The minimum Gasteiger partial charge on any atom is -0.383 e. The van der Waals surface area contributed by atoms with Gasteiger partial charge in [0.2, 0.25) is 0 Å². The Bertz CT molecular complexity index is 756. The third kappa shape index (κ3) is 2.87. The highest BCUT2D eigenvalue weighted by Crippen LogP contribution is 2.30. The van der Waals surface area contributed by atoms with Crippen LogP contribution < -0.4 is 0 Å². The van der Waals surface area contributed by atoms with E-state index in [9.17, 15) is 5.11 Å². The Morgan fingerprint density at radius 3 is 3.14 bits per heavy atom. The number of fused-ring (bicyclic) bond motifs is 1. The maximum absolute atomic E-state index is 10.7. The number of halogens is 1. The zero-order valence-electron chi connectivity index (χ0n) is 11.4. The first-order valence-electron chi connectivity index (χ1n) is 6.42. The number of nitrogens with zero attached hydrogens (tertiary/aromatic N) is 3. The quantitative estimate of drug-likeness (QED) is 0.752. The molecular formula is C14H14BrN3O2S. The molecule has 0 aliphatic carbocycles. The van der Waals surface area contributed by atoms with Crippen molar-refractivity contribution in [3.8, 4) is 0 Å². The molecule has 7 heteroatoms. The van der Waals surface area contributed by atoms with Crippen molar-refractivity contribution < 1.29 is 9.84 Å². The highest BCUT2D eigenvalue weighted by molar-refractivity contribution is 9.10. The first kappa shape index (κ1) is 14.6. The lowest BCUT2D eigenvalue weighted by Crippen LogP contribution is -2.13. The van der Waals surface area contributed by atoms with Gasteiger partial charge < -0.3 is 9.84 Å². The summed E-state index contributed by atoms with van der Waals surface area (Å²) in [7, 11) is 1.64. The summed E-state index contributed by atoms with van der Waals surface area (Å²) in [6.07, 6.45) is 2.61. The second-order valence-corrected chi connectivity index (χ2v) is 6.37. The van der Waals surface area contributed by atoms with Crippen LogP contribution in [0, 0.1) is 0 Å². The topological polar surface area (TPSA) is 60.2 Å². The Morgan fingerprint density at radius 1 is 1.48 bits per heavy atom. The third-order valence-corrected chi connectivity index (χ3v) is 4.70. The zero-order valence-corrected chi connectivity index (χ0v) is 13.8. The highest BCUT2D eigenvalue weighted by Gasteiger charge is 2.20. The van der Waals surface area contributed by atoms with E-state index in [1.54, 1.807) is 35.5 Å². The number of rotatable bonds is 5. The molecule has 0 radical (unpaired) electrons. The lowest BCUT2D eigenvalue weighted by molar-refractivity contribution is 0.171. The van der Waals surface area contributed by atoms with Crippen LogP contribution in [-0.4, -0.2) is 33.6 Å². The van der Waals surface area contributed by atoms with Gasteiger partial charge in [-0.1, -0.05) is 0 Å². The van der Waals surface area contributed by atoms with Crippen LogP contribution in [0.5, 0.6) is 0 Å². The van der Waals surface area contributed by atoms with E-state index in [2.05, 4.69) is 26.0 Å². The summed E-state index contributed by atoms with van der Waals surface area (Å²) in [5.41, 5.74) is 2.41. The molecule has 0 saturated carbocycles. The fourth-order valence-electron chi connectivity index (χ4n) is 2.17. The van der Waals surface area contributed by atoms with Gasteiger partial charge in [0.15, 0.2) is 0 Å². The summed E-state index contributed by atoms with van der Waals surface area (Å²) in [6, 6.07) is 3.94. The van der Waals surface area contributed by atoms with E-state index in [1.807, 2.05) is 17.5 Å². The number of aliphatic hydroxyl groups excluding tert-OH is 1. The van der Waals surface area contributed by atoms with Gasteiger partial charge >= 0.3 is 0 Å². The van der Waals surface area contributed by atoms with Gasteiger partial charge in [-0.2, -0.15) is 5.10 Å². The minimum absolute atomic E-state index is 0.538. The fraction of sp³-hybridized carbons (Fsp3) is 0.286. The molecule has 3 aromatic rings. The smallest absolute Gasteiger partial charge is 0.123 e. The number of aromatic nitrogens is 3. The van der Waals surface area contributed by atoms with Crippen LogP contribution in [0.25, 0.3) is 10.2 Å². The lowest BCUT2D eigenvalue weighted by atomic mass is 10.1. The average Bonchev–Trinajstić information content (AvgIpc) is 3.10. The Morgan fingerprint density at radius 2 is 2.33 bits per heavy atom. The van der Waals surface area contributed by atoms with Gasteiger partial charge in [0.1, 0.15) is 6.10 Å². The average molecular weight is 368 g/mol. The third-order valence-electron chi connectivity index (χ3n) is 3.24.